The standard InChI is InChI=1S/C20H22O4/c1-2-3-4-10-15(14-9-5-6-11-16(14)20(23)24)19(22)17-12-7-8-13-18(17)21/h5-9,11-13,15,21H,2-4,10H2,1H3,(H,23,24). The number of phenols is 1. The number of para-hydroxylation sites is 1. The van der Waals surface area contributed by atoms with E-state index in [1.54, 1.807) is 36.4 Å². The first kappa shape index (κ1) is 17.7. The monoisotopic (exact) mass is 326 g/mol. The lowest BCUT2D eigenvalue weighted by molar-refractivity contribution is 0.0695. The van der Waals surface area contributed by atoms with Gasteiger partial charge >= 0.3 is 5.97 Å². The Kier molecular flexibility index (Phi) is 6.13. The molecule has 4 nitrogen and oxygen atoms in total. The van der Waals surface area contributed by atoms with Crippen molar-refractivity contribution in [1.29, 1.82) is 0 Å². The quantitative estimate of drug-likeness (QED) is 0.547. The Morgan fingerprint density at radius 3 is 2.21 bits per heavy atom. The number of carboxylic acids is 1. The number of rotatable bonds is 8. The maximum atomic E-state index is 13.0. The second-order valence-electron chi connectivity index (χ2n) is 5.82. The van der Waals surface area contributed by atoms with Gasteiger partial charge in [0.2, 0.25) is 0 Å². The number of carbonyl (C=O) groups is 2. The summed E-state index contributed by atoms with van der Waals surface area (Å²) in [5.41, 5.74) is 0.885. The molecule has 2 aromatic rings. The highest BCUT2D eigenvalue weighted by Gasteiger charge is 2.27. The molecule has 0 amide bonds. The van der Waals surface area contributed by atoms with Crippen LogP contribution in [0, 0.1) is 0 Å². The highest BCUT2D eigenvalue weighted by molar-refractivity contribution is 6.04. The Bertz CT molecular complexity index is 721. The van der Waals surface area contributed by atoms with Crippen molar-refractivity contribution in [3.8, 4) is 5.75 Å². The van der Waals surface area contributed by atoms with Crippen LogP contribution < -0.4 is 0 Å². The van der Waals surface area contributed by atoms with E-state index in [0.717, 1.165) is 19.3 Å². The SMILES string of the molecule is CCCCCC(C(=O)c1ccccc1O)c1ccccc1C(=O)O. The maximum absolute atomic E-state index is 13.0. The molecule has 0 aliphatic rings. The summed E-state index contributed by atoms with van der Waals surface area (Å²) in [6.07, 6.45) is 3.37. The maximum Gasteiger partial charge on any atom is 0.335 e. The zero-order chi connectivity index (χ0) is 17.5. The molecule has 4 heteroatoms. The number of carbonyl (C=O) groups excluding carboxylic acids is 1. The summed E-state index contributed by atoms with van der Waals surface area (Å²) in [4.78, 5) is 24.5. The van der Waals surface area contributed by atoms with Gasteiger partial charge in [0.05, 0.1) is 11.1 Å². The summed E-state index contributed by atoms with van der Waals surface area (Å²) in [5.74, 6) is -1.93. The second kappa shape index (κ2) is 8.29. The van der Waals surface area contributed by atoms with Crippen LogP contribution in [-0.2, 0) is 0 Å². The summed E-state index contributed by atoms with van der Waals surface area (Å²) in [6, 6.07) is 13.0. The van der Waals surface area contributed by atoms with E-state index >= 15 is 0 Å². The topological polar surface area (TPSA) is 74.6 Å². The highest BCUT2D eigenvalue weighted by atomic mass is 16.4. The van der Waals surface area contributed by atoms with Crippen molar-refractivity contribution in [3.63, 3.8) is 0 Å². The minimum atomic E-state index is -1.05. The van der Waals surface area contributed by atoms with E-state index in [2.05, 4.69) is 6.92 Å². The molecule has 0 aliphatic carbocycles. The van der Waals surface area contributed by atoms with Gasteiger partial charge in [-0.15, -0.1) is 0 Å². The van der Waals surface area contributed by atoms with Crippen molar-refractivity contribution >= 4 is 11.8 Å². The van der Waals surface area contributed by atoms with E-state index in [-0.39, 0.29) is 22.7 Å². The highest BCUT2D eigenvalue weighted by Crippen LogP contribution is 2.32. The lowest BCUT2D eigenvalue weighted by Gasteiger charge is -2.19. The number of carboxylic acid groups (broad SMARTS) is 1. The molecule has 0 bridgehead atoms. The van der Waals surface area contributed by atoms with Gasteiger partial charge in [-0.25, -0.2) is 4.79 Å². The fraction of sp³-hybridized carbons (Fsp3) is 0.300. The fourth-order valence-electron chi connectivity index (χ4n) is 2.89. The molecule has 0 saturated carbocycles. The van der Waals surface area contributed by atoms with Gasteiger partial charge in [-0.05, 0) is 30.2 Å². The molecule has 0 saturated heterocycles. The zero-order valence-electron chi connectivity index (χ0n) is 13.7. The summed E-state index contributed by atoms with van der Waals surface area (Å²) >= 11 is 0. The second-order valence-corrected chi connectivity index (χ2v) is 5.82. The molecule has 0 radical (unpaired) electrons. The molecule has 24 heavy (non-hydrogen) atoms. The number of hydrogen-bond acceptors (Lipinski definition) is 3. The van der Waals surface area contributed by atoms with Crippen LogP contribution in [0.5, 0.6) is 5.75 Å². The largest absolute Gasteiger partial charge is 0.507 e. The predicted octanol–water partition coefficient (Wildman–Crippen LogP) is 4.64. The number of unbranched alkanes of at least 4 members (excludes halogenated alkanes) is 2. The van der Waals surface area contributed by atoms with E-state index in [9.17, 15) is 19.8 Å². The van der Waals surface area contributed by atoms with Crippen molar-refractivity contribution in [2.24, 2.45) is 0 Å². The number of aromatic carboxylic acids is 1. The molecule has 0 heterocycles. The molecule has 0 aliphatic heterocycles. The third-order valence-electron chi connectivity index (χ3n) is 4.15. The minimum Gasteiger partial charge on any atom is -0.507 e. The lowest BCUT2D eigenvalue weighted by atomic mass is 9.84. The van der Waals surface area contributed by atoms with E-state index < -0.39 is 11.9 Å². The third kappa shape index (κ3) is 4.02. The summed E-state index contributed by atoms with van der Waals surface area (Å²) < 4.78 is 0. The number of benzene rings is 2. The number of aromatic hydroxyl groups is 1. The van der Waals surface area contributed by atoms with Gasteiger partial charge in [0, 0.05) is 5.92 Å². The molecule has 126 valence electrons. The van der Waals surface area contributed by atoms with E-state index in [1.807, 2.05) is 0 Å². The smallest absolute Gasteiger partial charge is 0.335 e. The molecule has 0 spiro atoms. The lowest BCUT2D eigenvalue weighted by Crippen LogP contribution is -2.17. The van der Waals surface area contributed by atoms with Gasteiger partial charge in [-0.3, -0.25) is 4.79 Å². The average Bonchev–Trinajstić information content (AvgIpc) is 2.59. The average molecular weight is 326 g/mol. The third-order valence-corrected chi connectivity index (χ3v) is 4.15. The summed E-state index contributed by atoms with van der Waals surface area (Å²) in [6.45, 7) is 2.07. The molecule has 0 aromatic heterocycles. The molecule has 2 aromatic carbocycles. The number of hydrogen-bond donors (Lipinski definition) is 2. The van der Waals surface area contributed by atoms with Crippen LogP contribution in [0.2, 0.25) is 0 Å². The summed E-state index contributed by atoms with van der Waals surface area (Å²) in [7, 11) is 0. The Labute approximate surface area is 141 Å². The van der Waals surface area contributed by atoms with Crippen LogP contribution in [0.25, 0.3) is 0 Å². The Balaban J connectivity index is 2.44. The van der Waals surface area contributed by atoms with Crippen molar-refractivity contribution in [2.75, 3.05) is 0 Å². The Hall–Kier alpha value is -2.62. The molecular formula is C20H22O4. The van der Waals surface area contributed by atoms with Crippen molar-refractivity contribution in [1.82, 2.24) is 0 Å². The van der Waals surface area contributed by atoms with Crippen LogP contribution in [0.1, 0.15) is 64.8 Å². The van der Waals surface area contributed by atoms with Gasteiger partial charge in [0.15, 0.2) is 5.78 Å². The fourth-order valence-corrected chi connectivity index (χ4v) is 2.89. The van der Waals surface area contributed by atoms with Crippen molar-refractivity contribution in [2.45, 2.75) is 38.5 Å². The summed E-state index contributed by atoms with van der Waals surface area (Å²) in [5, 5.41) is 19.4. The van der Waals surface area contributed by atoms with Crippen LogP contribution in [0.3, 0.4) is 0 Å². The number of ketones is 1. The predicted molar refractivity (Wildman–Crippen MR) is 92.7 cm³/mol. The van der Waals surface area contributed by atoms with Crippen LogP contribution >= 0.6 is 0 Å². The van der Waals surface area contributed by atoms with E-state index in [0.29, 0.717) is 12.0 Å². The van der Waals surface area contributed by atoms with Gasteiger partial charge < -0.3 is 10.2 Å². The van der Waals surface area contributed by atoms with E-state index in [1.165, 1.54) is 12.1 Å². The first-order valence-corrected chi connectivity index (χ1v) is 8.20. The van der Waals surface area contributed by atoms with E-state index in [4.69, 9.17) is 0 Å². The molecule has 1 atom stereocenters. The molecule has 2 N–H and O–H groups in total. The number of phenolic OH excluding ortho intramolecular Hbond substituents is 1. The van der Waals surface area contributed by atoms with Gasteiger partial charge in [0.25, 0.3) is 0 Å². The molecule has 0 fully saturated rings. The van der Waals surface area contributed by atoms with Crippen molar-refractivity contribution < 1.29 is 19.8 Å². The van der Waals surface area contributed by atoms with Gasteiger partial charge in [-0.2, -0.15) is 0 Å². The van der Waals surface area contributed by atoms with Crippen LogP contribution in [-0.4, -0.2) is 22.0 Å². The zero-order valence-corrected chi connectivity index (χ0v) is 13.7. The first-order chi connectivity index (χ1) is 11.6. The first-order valence-electron chi connectivity index (χ1n) is 8.20. The van der Waals surface area contributed by atoms with Crippen LogP contribution in [0.15, 0.2) is 48.5 Å². The molecule has 2 rings (SSSR count). The minimum absolute atomic E-state index is 0.0733. The van der Waals surface area contributed by atoms with Gasteiger partial charge in [0.1, 0.15) is 5.75 Å². The Morgan fingerprint density at radius 2 is 1.58 bits per heavy atom. The normalized spacial score (nSPS) is 11.9. The molecule has 1 unspecified atom stereocenters. The molecular weight excluding hydrogens is 304 g/mol. The van der Waals surface area contributed by atoms with Crippen LogP contribution in [0.4, 0.5) is 0 Å². The van der Waals surface area contributed by atoms with Gasteiger partial charge in [-0.1, -0.05) is 56.5 Å². The number of Topliss-reactive ketones (excluding diaryl/α,β-unsaturated/α-hetero) is 1. The van der Waals surface area contributed by atoms with Crippen molar-refractivity contribution in [3.05, 3.63) is 65.2 Å². The Morgan fingerprint density at radius 1 is 0.958 bits per heavy atom.